The van der Waals surface area contributed by atoms with E-state index in [1.54, 1.807) is 6.92 Å². The molecule has 1 aromatic heterocycles. The number of H-pyrrole nitrogens is 1. The van der Waals surface area contributed by atoms with E-state index in [2.05, 4.69) is 11.1 Å². The summed E-state index contributed by atoms with van der Waals surface area (Å²) >= 11 is 1.10. The normalized spacial score (nSPS) is 12.1. The lowest BCUT2D eigenvalue weighted by Crippen LogP contribution is -2.14. The number of ether oxygens (including phenoxy) is 1. The Hall–Kier alpha value is -3.30. The molecule has 28 heavy (non-hydrogen) atoms. The number of rotatable bonds is 4. The largest absolute Gasteiger partial charge is 0.452 e. The summed E-state index contributed by atoms with van der Waals surface area (Å²) in [6, 6.07) is 19.2. The fourth-order valence-electron chi connectivity index (χ4n) is 3.44. The first-order chi connectivity index (χ1) is 13.6. The minimum atomic E-state index is -0.451. The third kappa shape index (κ3) is 3.21. The van der Waals surface area contributed by atoms with Crippen LogP contribution in [-0.4, -0.2) is 16.7 Å². The lowest BCUT2D eigenvalue weighted by Gasteiger charge is -2.15. The summed E-state index contributed by atoms with van der Waals surface area (Å²) in [5.74, 6) is -0.415. The first-order valence-corrected chi connectivity index (χ1v) is 9.71. The summed E-state index contributed by atoms with van der Waals surface area (Å²) in [6.07, 6.45) is -0.451. The van der Waals surface area contributed by atoms with Gasteiger partial charge < -0.3 is 9.72 Å². The number of hydrogen-bond acceptors (Lipinski definition) is 5. The Morgan fingerprint density at radius 2 is 1.75 bits per heavy atom. The molecule has 1 heterocycles. The second-order valence-electron chi connectivity index (χ2n) is 6.47. The molecule has 6 heteroatoms. The van der Waals surface area contributed by atoms with Crippen molar-refractivity contribution < 1.29 is 9.53 Å². The average molecular weight is 388 g/mol. The number of fused-ring (bicyclic) bond motifs is 3. The van der Waals surface area contributed by atoms with Gasteiger partial charge in [-0.15, -0.1) is 0 Å². The van der Waals surface area contributed by atoms with E-state index in [1.807, 2.05) is 48.5 Å². The Morgan fingerprint density at radius 3 is 2.36 bits per heavy atom. The lowest BCUT2D eigenvalue weighted by molar-refractivity contribution is -0.144. The van der Waals surface area contributed by atoms with Crippen molar-refractivity contribution in [2.75, 3.05) is 5.75 Å². The van der Waals surface area contributed by atoms with Crippen molar-refractivity contribution in [1.82, 2.24) is 4.98 Å². The van der Waals surface area contributed by atoms with Gasteiger partial charge in [0.25, 0.3) is 0 Å². The van der Waals surface area contributed by atoms with Crippen LogP contribution in [0, 0.1) is 18.3 Å². The van der Waals surface area contributed by atoms with Crippen LogP contribution in [0.5, 0.6) is 0 Å². The molecule has 0 fully saturated rings. The van der Waals surface area contributed by atoms with Crippen molar-refractivity contribution in [1.29, 1.82) is 5.26 Å². The van der Waals surface area contributed by atoms with Crippen LogP contribution in [0.25, 0.3) is 11.1 Å². The van der Waals surface area contributed by atoms with Crippen molar-refractivity contribution >= 4 is 17.7 Å². The minimum Gasteiger partial charge on any atom is -0.452 e. The molecule has 0 atom stereocenters. The standard InChI is InChI=1S/C22H16N2O3S/c1-13-10-19(25)24-22(18(13)11-23)28-12-20(26)27-21-16-8-4-2-6-14(16)15-7-3-5-9-17(15)21/h2-10,21H,12H2,1H3,(H,24,25). The fraction of sp³-hybridized carbons (Fsp3) is 0.136. The maximum Gasteiger partial charge on any atom is 0.317 e. The van der Waals surface area contributed by atoms with Crippen LogP contribution in [0.2, 0.25) is 0 Å². The summed E-state index contributed by atoms with van der Waals surface area (Å²) in [5, 5.41) is 9.69. The highest BCUT2D eigenvalue weighted by Gasteiger charge is 2.31. The minimum absolute atomic E-state index is 0.00505. The van der Waals surface area contributed by atoms with Crippen molar-refractivity contribution in [2.24, 2.45) is 0 Å². The van der Waals surface area contributed by atoms with Gasteiger partial charge in [0, 0.05) is 17.2 Å². The van der Waals surface area contributed by atoms with Crippen LogP contribution in [0.4, 0.5) is 0 Å². The Labute approximate surface area is 166 Å². The monoisotopic (exact) mass is 388 g/mol. The van der Waals surface area contributed by atoms with Gasteiger partial charge in [-0.25, -0.2) is 0 Å². The lowest BCUT2D eigenvalue weighted by atomic mass is 10.1. The zero-order valence-corrected chi connectivity index (χ0v) is 15.9. The molecule has 138 valence electrons. The molecule has 0 saturated carbocycles. The molecule has 4 rings (SSSR count). The van der Waals surface area contributed by atoms with Gasteiger partial charge >= 0.3 is 5.97 Å². The van der Waals surface area contributed by atoms with E-state index in [1.165, 1.54) is 6.07 Å². The van der Waals surface area contributed by atoms with Crippen LogP contribution >= 0.6 is 11.8 Å². The molecule has 5 nitrogen and oxygen atoms in total. The number of nitrogens with one attached hydrogen (secondary N) is 1. The number of pyridine rings is 1. The molecular weight excluding hydrogens is 372 g/mol. The summed E-state index contributed by atoms with van der Waals surface area (Å²) in [4.78, 5) is 26.9. The van der Waals surface area contributed by atoms with E-state index in [4.69, 9.17) is 4.74 Å². The van der Waals surface area contributed by atoms with E-state index in [0.29, 0.717) is 16.2 Å². The van der Waals surface area contributed by atoms with E-state index in [9.17, 15) is 14.9 Å². The number of benzene rings is 2. The summed E-state index contributed by atoms with van der Waals surface area (Å²) in [5.41, 5.74) is 4.71. The van der Waals surface area contributed by atoms with E-state index in [-0.39, 0.29) is 11.3 Å². The summed E-state index contributed by atoms with van der Waals surface area (Å²) in [6.45, 7) is 1.70. The van der Waals surface area contributed by atoms with Crippen molar-refractivity contribution in [3.63, 3.8) is 0 Å². The van der Waals surface area contributed by atoms with Gasteiger partial charge in [0.2, 0.25) is 5.56 Å². The number of nitriles is 1. The van der Waals surface area contributed by atoms with Crippen LogP contribution in [0.1, 0.15) is 28.4 Å². The molecule has 1 aliphatic rings. The van der Waals surface area contributed by atoms with Crippen LogP contribution in [-0.2, 0) is 9.53 Å². The predicted molar refractivity (Wildman–Crippen MR) is 107 cm³/mol. The SMILES string of the molecule is Cc1cc(=O)[nH]c(SCC(=O)OC2c3ccccc3-c3ccccc32)c1C#N. The van der Waals surface area contributed by atoms with Gasteiger partial charge in [-0.1, -0.05) is 60.3 Å². The maximum absolute atomic E-state index is 12.5. The maximum atomic E-state index is 12.5. The number of carbonyl (C=O) groups excluding carboxylic acids is 1. The van der Waals surface area contributed by atoms with Gasteiger partial charge in [0.15, 0.2) is 6.10 Å². The van der Waals surface area contributed by atoms with Gasteiger partial charge in [-0.05, 0) is 23.6 Å². The number of aryl methyl sites for hydroxylation is 1. The third-order valence-electron chi connectivity index (χ3n) is 4.68. The van der Waals surface area contributed by atoms with E-state index >= 15 is 0 Å². The van der Waals surface area contributed by atoms with Crippen LogP contribution in [0.3, 0.4) is 0 Å². The van der Waals surface area contributed by atoms with Crippen LogP contribution < -0.4 is 5.56 Å². The Morgan fingerprint density at radius 1 is 1.14 bits per heavy atom. The molecule has 1 N–H and O–H groups in total. The smallest absolute Gasteiger partial charge is 0.317 e. The average Bonchev–Trinajstić information content (AvgIpc) is 3.00. The molecule has 0 unspecified atom stereocenters. The first kappa shape index (κ1) is 18.1. The highest BCUT2D eigenvalue weighted by Crippen LogP contribution is 2.45. The van der Waals surface area contributed by atoms with E-state index < -0.39 is 12.1 Å². The van der Waals surface area contributed by atoms with Crippen molar-refractivity contribution in [2.45, 2.75) is 18.1 Å². The molecule has 0 aliphatic heterocycles. The second-order valence-corrected chi connectivity index (χ2v) is 7.45. The van der Waals surface area contributed by atoms with Gasteiger partial charge in [0.1, 0.15) is 6.07 Å². The molecule has 0 bridgehead atoms. The summed E-state index contributed by atoms with van der Waals surface area (Å²) in [7, 11) is 0. The Bertz CT molecular complexity index is 1130. The van der Waals surface area contributed by atoms with Crippen molar-refractivity contribution in [3.8, 4) is 17.2 Å². The van der Waals surface area contributed by atoms with Gasteiger partial charge in [-0.2, -0.15) is 5.26 Å². The first-order valence-electron chi connectivity index (χ1n) is 8.73. The number of aromatic nitrogens is 1. The molecule has 0 radical (unpaired) electrons. The molecule has 0 saturated heterocycles. The number of hydrogen-bond donors (Lipinski definition) is 1. The number of aromatic amines is 1. The molecular formula is C22H16N2O3S. The number of esters is 1. The van der Waals surface area contributed by atoms with Gasteiger partial charge in [-0.3, -0.25) is 9.59 Å². The van der Waals surface area contributed by atoms with Crippen LogP contribution in [0.15, 0.2) is 64.4 Å². The van der Waals surface area contributed by atoms with E-state index in [0.717, 1.165) is 34.0 Å². The Balaban J connectivity index is 1.54. The Kier molecular flexibility index (Phi) is 4.76. The second kappa shape index (κ2) is 7.37. The fourth-order valence-corrected chi connectivity index (χ4v) is 4.29. The topological polar surface area (TPSA) is 82.9 Å². The highest BCUT2D eigenvalue weighted by molar-refractivity contribution is 7.99. The molecule has 0 spiro atoms. The predicted octanol–water partition coefficient (Wildman–Crippen LogP) is 3.96. The molecule has 0 amide bonds. The number of carbonyl (C=O) groups is 1. The summed E-state index contributed by atoms with van der Waals surface area (Å²) < 4.78 is 5.79. The third-order valence-corrected chi connectivity index (χ3v) is 5.65. The molecule has 2 aromatic carbocycles. The number of thioether (sulfide) groups is 1. The molecule has 1 aliphatic carbocycles. The quantitative estimate of drug-likeness (QED) is 0.540. The van der Waals surface area contributed by atoms with Gasteiger partial charge in [0.05, 0.1) is 16.3 Å². The highest BCUT2D eigenvalue weighted by atomic mass is 32.2. The number of nitrogens with zero attached hydrogens (tertiary/aromatic N) is 1. The molecule has 3 aromatic rings. The van der Waals surface area contributed by atoms with Crippen molar-refractivity contribution in [3.05, 3.63) is 87.2 Å². The zero-order valence-electron chi connectivity index (χ0n) is 15.1. The zero-order chi connectivity index (χ0) is 19.7.